The van der Waals surface area contributed by atoms with Crippen LogP contribution in [0.1, 0.15) is 31.5 Å². The van der Waals surface area contributed by atoms with E-state index in [0.717, 1.165) is 38.3 Å². The highest BCUT2D eigenvalue weighted by Gasteiger charge is 2.23. The Morgan fingerprint density at radius 3 is 2.86 bits per heavy atom. The molecule has 21 heavy (non-hydrogen) atoms. The molecule has 0 aromatic carbocycles. The zero-order valence-corrected chi connectivity index (χ0v) is 13.3. The normalized spacial score (nSPS) is 22.4. The summed E-state index contributed by atoms with van der Waals surface area (Å²) >= 11 is 0. The summed E-state index contributed by atoms with van der Waals surface area (Å²) < 4.78 is 13.0. The van der Waals surface area contributed by atoms with Crippen molar-refractivity contribution in [1.29, 1.82) is 0 Å². The molecule has 1 fully saturated rings. The van der Waals surface area contributed by atoms with Gasteiger partial charge in [-0.3, -0.25) is 4.98 Å². The van der Waals surface area contributed by atoms with E-state index in [0.29, 0.717) is 6.04 Å². The second-order valence-electron chi connectivity index (χ2n) is 5.87. The predicted molar refractivity (Wildman–Crippen MR) is 83.8 cm³/mol. The van der Waals surface area contributed by atoms with Gasteiger partial charge in [-0.25, -0.2) is 4.39 Å². The molecule has 0 aliphatic carbocycles. The molecule has 0 amide bonds. The lowest BCUT2D eigenvalue weighted by molar-refractivity contribution is 0.0903. The first-order valence-electron chi connectivity index (χ1n) is 7.85. The lowest BCUT2D eigenvalue weighted by Gasteiger charge is -2.39. The van der Waals surface area contributed by atoms with Crippen molar-refractivity contribution in [2.75, 3.05) is 40.3 Å². The molecule has 1 aromatic rings. The largest absolute Gasteiger partial charge is 0.312 e. The monoisotopic (exact) mass is 294 g/mol. The molecule has 2 unspecified atom stereocenters. The molecule has 2 rings (SSSR count). The number of halogens is 1. The highest BCUT2D eigenvalue weighted by molar-refractivity contribution is 5.09. The molecule has 0 bridgehead atoms. The summed E-state index contributed by atoms with van der Waals surface area (Å²) in [5.41, 5.74) is 0.917. The Balaban J connectivity index is 1.87. The van der Waals surface area contributed by atoms with Crippen LogP contribution in [-0.2, 0) is 0 Å². The Kier molecular flexibility index (Phi) is 6.08. The van der Waals surface area contributed by atoms with Crippen molar-refractivity contribution >= 4 is 0 Å². The van der Waals surface area contributed by atoms with Crippen LogP contribution in [0.25, 0.3) is 0 Å². The van der Waals surface area contributed by atoms with Gasteiger partial charge in [0.15, 0.2) is 0 Å². The van der Waals surface area contributed by atoms with E-state index in [-0.39, 0.29) is 11.9 Å². The Labute approximate surface area is 127 Å². The topological polar surface area (TPSA) is 31.4 Å². The van der Waals surface area contributed by atoms with Crippen molar-refractivity contribution in [3.05, 3.63) is 29.8 Å². The van der Waals surface area contributed by atoms with Crippen LogP contribution in [0.3, 0.4) is 0 Å². The molecular weight excluding hydrogens is 267 g/mol. The van der Waals surface area contributed by atoms with E-state index >= 15 is 0 Å². The smallest absolute Gasteiger partial charge is 0.141 e. The Hall–Kier alpha value is -1.04. The van der Waals surface area contributed by atoms with Crippen LogP contribution in [0.15, 0.2) is 18.3 Å². The molecule has 118 valence electrons. The minimum absolute atomic E-state index is 0.185. The summed E-state index contributed by atoms with van der Waals surface area (Å²) in [7, 11) is 4.15. The lowest BCUT2D eigenvalue weighted by atomic mass is 10.1. The van der Waals surface area contributed by atoms with Crippen molar-refractivity contribution in [3.63, 3.8) is 0 Å². The van der Waals surface area contributed by atoms with Crippen LogP contribution >= 0.6 is 0 Å². The van der Waals surface area contributed by atoms with Gasteiger partial charge in [0.2, 0.25) is 0 Å². The number of nitrogens with one attached hydrogen (secondary N) is 1. The fourth-order valence-corrected chi connectivity index (χ4v) is 3.00. The molecular formula is C16H27FN4. The number of rotatable bonds is 6. The quantitative estimate of drug-likeness (QED) is 0.868. The molecule has 1 N–H and O–H groups in total. The van der Waals surface area contributed by atoms with Crippen LogP contribution in [-0.4, -0.2) is 61.1 Å². The van der Waals surface area contributed by atoms with E-state index in [1.165, 1.54) is 18.7 Å². The van der Waals surface area contributed by atoms with Crippen molar-refractivity contribution < 1.29 is 4.39 Å². The molecule has 5 heteroatoms. The molecule has 2 atom stereocenters. The average Bonchev–Trinajstić information content (AvgIpc) is 2.51. The Morgan fingerprint density at radius 1 is 1.43 bits per heavy atom. The van der Waals surface area contributed by atoms with E-state index in [1.54, 1.807) is 6.07 Å². The summed E-state index contributed by atoms with van der Waals surface area (Å²) in [5, 5.41) is 3.29. The Bertz CT molecular complexity index is 423. The van der Waals surface area contributed by atoms with Gasteiger partial charge in [0.25, 0.3) is 0 Å². The third kappa shape index (κ3) is 4.46. The van der Waals surface area contributed by atoms with Gasteiger partial charge in [-0.15, -0.1) is 0 Å². The molecule has 2 heterocycles. The summed E-state index contributed by atoms with van der Waals surface area (Å²) in [6, 6.07) is 4.10. The van der Waals surface area contributed by atoms with Gasteiger partial charge in [0, 0.05) is 32.2 Å². The van der Waals surface area contributed by atoms with E-state index in [2.05, 4.69) is 34.1 Å². The highest BCUT2D eigenvalue weighted by Crippen LogP contribution is 2.17. The van der Waals surface area contributed by atoms with Gasteiger partial charge in [-0.05, 0) is 39.1 Å². The van der Waals surface area contributed by atoms with Gasteiger partial charge < -0.3 is 15.1 Å². The second-order valence-corrected chi connectivity index (χ2v) is 5.87. The van der Waals surface area contributed by atoms with E-state index < -0.39 is 0 Å². The van der Waals surface area contributed by atoms with Gasteiger partial charge in [-0.1, -0.05) is 6.92 Å². The lowest BCUT2D eigenvalue weighted by Crippen LogP contribution is -2.51. The second kappa shape index (κ2) is 7.82. The fraction of sp³-hybridized carbons (Fsp3) is 0.688. The zero-order chi connectivity index (χ0) is 15.2. The van der Waals surface area contributed by atoms with E-state index in [1.807, 2.05) is 7.05 Å². The fourth-order valence-electron chi connectivity index (χ4n) is 3.00. The van der Waals surface area contributed by atoms with E-state index in [4.69, 9.17) is 0 Å². The first-order chi connectivity index (χ1) is 10.1. The Morgan fingerprint density at radius 2 is 2.24 bits per heavy atom. The van der Waals surface area contributed by atoms with Crippen molar-refractivity contribution in [2.45, 2.75) is 31.8 Å². The maximum atomic E-state index is 13.0. The predicted octanol–water partition coefficient (Wildman–Crippen LogP) is 1.90. The maximum Gasteiger partial charge on any atom is 0.141 e. The third-order valence-electron chi connectivity index (χ3n) is 4.52. The van der Waals surface area contributed by atoms with Crippen molar-refractivity contribution in [3.8, 4) is 0 Å². The van der Waals surface area contributed by atoms with Crippen LogP contribution in [0.2, 0.25) is 0 Å². The van der Waals surface area contributed by atoms with Gasteiger partial charge in [-0.2, -0.15) is 0 Å². The number of likely N-dealkylation sites (N-methyl/N-ethyl adjacent to an activating group) is 1. The molecule has 1 aromatic heterocycles. The first-order valence-corrected chi connectivity index (χ1v) is 7.85. The third-order valence-corrected chi connectivity index (χ3v) is 4.52. The number of pyridine rings is 1. The molecule has 0 radical (unpaired) electrons. The zero-order valence-electron chi connectivity index (χ0n) is 13.3. The van der Waals surface area contributed by atoms with Gasteiger partial charge in [0.1, 0.15) is 5.82 Å². The minimum atomic E-state index is -0.279. The molecule has 1 aliphatic heterocycles. The number of nitrogens with zero attached hydrogens (tertiary/aromatic N) is 3. The number of hydrogen-bond acceptors (Lipinski definition) is 4. The number of hydrogen-bond donors (Lipinski definition) is 1. The summed E-state index contributed by atoms with van der Waals surface area (Å²) in [6.45, 7) is 6.70. The van der Waals surface area contributed by atoms with Gasteiger partial charge >= 0.3 is 0 Å². The maximum absolute atomic E-state index is 13.0. The summed E-state index contributed by atoms with van der Waals surface area (Å²) in [4.78, 5) is 9.17. The summed E-state index contributed by atoms with van der Waals surface area (Å²) in [6.07, 6.45) is 3.49. The SMILES string of the molecule is CCC1CN(CCC(NC)c2ccc(F)cn2)CCN1C. The first kappa shape index (κ1) is 16.3. The van der Waals surface area contributed by atoms with Crippen molar-refractivity contribution in [2.24, 2.45) is 0 Å². The molecule has 4 nitrogen and oxygen atoms in total. The van der Waals surface area contributed by atoms with Crippen molar-refractivity contribution in [1.82, 2.24) is 20.1 Å². The molecule has 1 aliphatic rings. The number of aromatic nitrogens is 1. The minimum Gasteiger partial charge on any atom is -0.312 e. The molecule has 1 saturated heterocycles. The van der Waals surface area contributed by atoms with Crippen LogP contribution in [0.5, 0.6) is 0 Å². The van der Waals surface area contributed by atoms with Crippen LogP contribution in [0, 0.1) is 5.82 Å². The van der Waals surface area contributed by atoms with E-state index in [9.17, 15) is 4.39 Å². The average molecular weight is 294 g/mol. The standard InChI is InChI=1S/C16H27FN4/c1-4-14-12-21(10-9-20(14)3)8-7-15(18-2)16-6-5-13(17)11-19-16/h5-6,11,14-15,18H,4,7-10,12H2,1-3H3. The number of piperazine rings is 1. The summed E-state index contributed by atoms with van der Waals surface area (Å²) in [5.74, 6) is -0.279. The molecule has 0 spiro atoms. The van der Waals surface area contributed by atoms with Gasteiger partial charge in [0.05, 0.1) is 17.9 Å². The highest BCUT2D eigenvalue weighted by atomic mass is 19.1. The van der Waals surface area contributed by atoms with Crippen LogP contribution in [0.4, 0.5) is 4.39 Å². The van der Waals surface area contributed by atoms with Crippen LogP contribution < -0.4 is 5.32 Å². The molecule has 0 saturated carbocycles.